The molecule has 4 amide bonds. The van der Waals surface area contributed by atoms with Gasteiger partial charge >= 0.3 is 12.1 Å². The SMILES string of the molecule is CN(C(=O)C1CN(C(=O)O)C(=O)N1)c1ccc2c(F)cn(COCC[Si](C)(C)C)c2n1. The molecule has 0 bridgehead atoms. The number of ether oxygens (including phenoxy) is 1. The number of amides is 4. The van der Waals surface area contributed by atoms with E-state index in [2.05, 4.69) is 29.9 Å². The van der Waals surface area contributed by atoms with Crippen LogP contribution in [0, 0.1) is 5.82 Å². The Hall–Kier alpha value is -2.99. The summed E-state index contributed by atoms with van der Waals surface area (Å²) in [5.74, 6) is -0.743. The van der Waals surface area contributed by atoms with Crippen LogP contribution in [0.4, 0.5) is 19.8 Å². The minimum absolute atomic E-state index is 0.130. The molecule has 2 aromatic rings. The maximum Gasteiger partial charge on any atom is 0.415 e. The van der Waals surface area contributed by atoms with Crippen molar-refractivity contribution < 1.29 is 28.6 Å². The van der Waals surface area contributed by atoms with E-state index in [4.69, 9.17) is 9.84 Å². The van der Waals surface area contributed by atoms with Gasteiger partial charge < -0.3 is 19.7 Å². The number of anilines is 1. The van der Waals surface area contributed by atoms with E-state index in [1.807, 2.05) is 0 Å². The van der Waals surface area contributed by atoms with E-state index in [-0.39, 0.29) is 19.1 Å². The lowest BCUT2D eigenvalue weighted by atomic mass is 10.2. The Kier molecular flexibility index (Phi) is 6.32. The van der Waals surface area contributed by atoms with Crippen molar-refractivity contribution in [1.82, 2.24) is 19.8 Å². The molecule has 12 heteroatoms. The second-order valence-electron chi connectivity index (χ2n) is 8.63. The van der Waals surface area contributed by atoms with Gasteiger partial charge in [0.15, 0.2) is 0 Å². The molecule has 1 unspecified atom stereocenters. The average molecular weight is 452 g/mol. The molecule has 1 atom stereocenters. The smallest absolute Gasteiger partial charge is 0.415 e. The van der Waals surface area contributed by atoms with Crippen LogP contribution < -0.4 is 10.2 Å². The van der Waals surface area contributed by atoms with Gasteiger partial charge in [0.05, 0.1) is 11.9 Å². The number of nitrogens with zero attached hydrogens (tertiary/aromatic N) is 4. The van der Waals surface area contributed by atoms with Crippen molar-refractivity contribution in [2.24, 2.45) is 0 Å². The number of pyridine rings is 1. The highest BCUT2D eigenvalue weighted by atomic mass is 28.3. The standard InChI is InChI=1S/C19H26FN5O5Si/c1-23(17(26)14-10-25(19(28)29)18(27)21-14)15-6-5-12-13(20)9-24(16(12)22-15)11-30-7-8-31(2,3)4/h5-6,9,14H,7-8,10-11H2,1-4H3,(H,21,27)(H,28,29). The maximum atomic E-state index is 14.3. The summed E-state index contributed by atoms with van der Waals surface area (Å²) >= 11 is 0. The van der Waals surface area contributed by atoms with Crippen molar-refractivity contribution >= 4 is 43.0 Å². The Morgan fingerprint density at radius 1 is 1.39 bits per heavy atom. The molecule has 1 aliphatic heterocycles. The lowest BCUT2D eigenvalue weighted by Crippen LogP contribution is -2.44. The van der Waals surface area contributed by atoms with Gasteiger partial charge in [-0.05, 0) is 18.2 Å². The monoisotopic (exact) mass is 451 g/mol. The van der Waals surface area contributed by atoms with Gasteiger partial charge in [-0.25, -0.2) is 23.9 Å². The summed E-state index contributed by atoms with van der Waals surface area (Å²) < 4.78 is 21.5. The predicted molar refractivity (Wildman–Crippen MR) is 114 cm³/mol. The summed E-state index contributed by atoms with van der Waals surface area (Å²) in [6.45, 7) is 7.12. The third kappa shape index (κ3) is 5.02. The van der Waals surface area contributed by atoms with Crippen LogP contribution >= 0.6 is 0 Å². The van der Waals surface area contributed by atoms with Gasteiger partial charge in [-0.2, -0.15) is 0 Å². The van der Waals surface area contributed by atoms with Gasteiger partial charge in [-0.3, -0.25) is 9.69 Å². The minimum atomic E-state index is -1.43. The fourth-order valence-electron chi connectivity index (χ4n) is 3.13. The van der Waals surface area contributed by atoms with E-state index in [0.717, 1.165) is 6.04 Å². The number of nitrogens with one attached hydrogen (secondary N) is 1. The zero-order valence-corrected chi connectivity index (χ0v) is 18.9. The van der Waals surface area contributed by atoms with E-state index >= 15 is 0 Å². The topological polar surface area (TPSA) is 117 Å². The number of halogens is 1. The molecule has 1 fully saturated rings. The van der Waals surface area contributed by atoms with Gasteiger partial charge in [0, 0.05) is 27.9 Å². The molecular weight excluding hydrogens is 425 g/mol. The average Bonchev–Trinajstić information content (AvgIpc) is 3.23. The molecule has 168 valence electrons. The first kappa shape index (κ1) is 22.7. The number of urea groups is 1. The summed E-state index contributed by atoms with van der Waals surface area (Å²) in [7, 11) is 0.210. The van der Waals surface area contributed by atoms with Crippen molar-refractivity contribution in [3.8, 4) is 0 Å². The molecule has 0 aliphatic carbocycles. The summed E-state index contributed by atoms with van der Waals surface area (Å²) in [6, 6.07) is 2.11. The summed E-state index contributed by atoms with van der Waals surface area (Å²) in [4.78, 5) is 41.6. The maximum absolute atomic E-state index is 14.3. The van der Waals surface area contributed by atoms with Crippen molar-refractivity contribution in [2.75, 3.05) is 25.1 Å². The molecule has 1 aliphatic rings. The van der Waals surface area contributed by atoms with Crippen LogP contribution in [0.25, 0.3) is 11.0 Å². The molecule has 2 aromatic heterocycles. The molecule has 1 saturated heterocycles. The summed E-state index contributed by atoms with van der Waals surface area (Å²) in [6.07, 6.45) is -0.128. The number of aromatic nitrogens is 2. The molecule has 0 spiro atoms. The second kappa shape index (κ2) is 8.63. The lowest BCUT2D eigenvalue weighted by molar-refractivity contribution is -0.119. The normalized spacial score (nSPS) is 16.6. The Balaban J connectivity index is 1.76. The number of hydrogen-bond donors (Lipinski definition) is 2. The predicted octanol–water partition coefficient (Wildman–Crippen LogP) is 2.52. The first-order valence-corrected chi connectivity index (χ1v) is 13.5. The molecular formula is C19H26FN5O5Si. The van der Waals surface area contributed by atoms with E-state index in [9.17, 15) is 18.8 Å². The van der Waals surface area contributed by atoms with Gasteiger partial charge in [0.2, 0.25) is 0 Å². The first-order valence-electron chi connectivity index (χ1n) is 9.79. The van der Waals surface area contributed by atoms with Crippen molar-refractivity contribution in [1.29, 1.82) is 0 Å². The molecule has 3 rings (SSSR count). The number of rotatable bonds is 7. The number of carboxylic acid groups (broad SMARTS) is 1. The summed E-state index contributed by atoms with van der Waals surface area (Å²) in [5.41, 5.74) is 0.324. The van der Waals surface area contributed by atoms with E-state index in [0.29, 0.717) is 22.5 Å². The molecule has 10 nitrogen and oxygen atoms in total. The number of likely N-dealkylation sites (N-methyl/N-ethyl adjacent to an activating group) is 1. The highest BCUT2D eigenvalue weighted by Gasteiger charge is 2.38. The van der Waals surface area contributed by atoms with Crippen LogP contribution in [-0.2, 0) is 16.3 Å². The van der Waals surface area contributed by atoms with Crippen molar-refractivity contribution in [3.05, 3.63) is 24.1 Å². The second-order valence-corrected chi connectivity index (χ2v) is 14.2. The number of carbonyl (C=O) groups is 3. The molecule has 31 heavy (non-hydrogen) atoms. The lowest BCUT2D eigenvalue weighted by Gasteiger charge is -2.20. The van der Waals surface area contributed by atoms with Gasteiger partial charge in [0.25, 0.3) is 5.91 Å². The third-order valence-corrected chi connectivity index (χ3v) is 6.70. The Morgan fingerprint density at radius 2 is 2.10 bits per heavy atom. The molecule has 3 heterocycles. The van der Waals surface area contributed by atoms with Crippen LogP contribution in [-0.4, -0.2) is 71.9 Å². The number of imide groups is 1. The van der Waals surface area contributed by atoms with E-state index in [1.165, 1.54) is 30.3 Å². The number of carbonyl (C=O) groups excluding carboxylic acids is 2. The molecule has 0 radical (unpaired) electrons. The number of fused-ring (bicyclic) bond motifs is 1. The van der Waals surface area contributed by atoms with Gasteiger partial charge in [0.1, 0.15) is 30.1 Å². The zero-order valence-electron chi connectivity index (χ0n) is 17.9. The highest BCUT2D eigenvalue weighted by molar-refractivity contribution is 6.76. The minimum Gasteiger partial charge on any atom is -0.465 e. The van der Waals surface area contributed by atoms with Crippen molar-refractivity contribution in [3.63, 3.8) is 0 Å². The molecule has 0 saturated carbocycles. The van der Waals surface area contributed by atoms with Gasteiger partial charge in [-0.1, -0.05) is 19.6 Å². The quantitative estimate of drug-likeness (QED) is 0.494. The Morgan fingerprint density at radius 3 is 2.71 bits per heavy atom. The summed E-state index contributed by atoms with van der Waals surface area (Å²) in [5, 5.41) is 11.6. The zero-order chi connectivity index (χ0) is 22.9. The Bertz CT molecular complexity index is 1020. The van der Waals surface area contributed by atoms with Gasteiger partial charge in [-0.15, -0.1) is 0 Å². The molecule has 0 aromatic carbocycles. The van der Waals surface area contributed by atoms with Crippen LogP contribution in [0.15, 0.2) is 18.3 Å². The first-order chi connectivity index (χ1) is 14.5. The largest absolute Gasteiger partial charge is 0.465 e. The van der Waals surface area contributed by atoms with E-state index in [1.54, 1.807) is 4.57 Å². The van der Waals surface area contributed by atoms with Crippen LogP contribution in [0.1, 0.15) is 0 Å². The van der Waals surface area contributed by atoms with Crippen LogP contribution in [0.5, 0.6) is 0 Å². The number of hydrogen-bond acceptors (Lipinski definition) is 5. The van der Waals surface area contributed by atoms with Crippen LogP contribution in [0.3, 0.4) is 0 Å². The fourth-order valence-corrected chi connectivity index (χ4v) is 3.88. The molecule has 2 N–H and O–H groups in total. The van der Waals surface area contributed by atoms with E-state index < -0.39 is 38.0 Å². The Labute approximate surface area is 179 Å². The fraction of sp³-hybridized carbons (Fsp3) is 0.474. The van der Waals surface area contributed by atoms with Crippen LogP contribution in [0.2, 0.25) is 25.7 Å². The van der Waals surface area contributed by atoms with Crippen molar-refractivity contribution in [2.45, 2.75) is 38.5 Å². The third-order valence-electron chi connectivity index (χ3n) is 5.00. The highest BCUT2D eigenvalue weighted by Crippen LogP contribution is 2.23.